The van der Waals surface area contributed by atoms with Crippen molar-refractivity contribution in [1.29, 1.82) is 0 Å². The molecule has 2 N–H and O–H groups in total. The SMILES string of the molecule is CCCCCCC(C)NS(=O)(=O)c1ncccc1NC. The average Bonchev–Trinajstić information content (AvgIpc) is 2.43. The maximum atomic E-state index is 12.3. The van der Waals surface area contributed by atoms with Crippen LogP contribution in [0, 0.1) is 0 Å². The molecule has 0 bridgehead atoms. The zero-order chi connectivity index (χ0) is 15.0. The van der Waals surface area contributed by atoms with Crippen LogP contribution >= 0.6 is 0 Å². The van der Waals surface area contributed by atoms with Gasteiger partial charge in [-0.2, -0.15) is 0 Å². The van der Waals surface area contributed by atoms with E-state index in [1.165, 1.54) is 19.0 Å². The third-order valence-corrected chi connectivity index (χ3v) is 4.69. The lowest BCUT2D eigenvalue weighted by Crippen LogP contribution is -2.33. The van der Waals surface area contributed by atoms with Gasteiger partial charge in [0.2, 0.25) is 0 Å². The van der Waals surface area contributed by atoms with Crippen LogP contribution < -0.4 is 10.0 Å². The normalized spacial score (nSPS) is 13.2. The van der Waals surface area contributed by atoms with E-state index in [1.807, 2.05) is 6.92 Å². The molecule has 0 saturated carbocycles. The molecular formula is C14H25N3O2S. The fraction of sp³-hybridized carbons (Fsp3) is 0.643. The number of hydrogen-bond acceptors (Lipinski definition) is 4. The highest BCUT2D eigenvalue weighted by molar-refractivity contribution is 7.89. The number of hydrogen-bond donors (Lipinski definition) is 2. The third kappa shape index (κ3) is 5.09. The summed E-state index contributed by atoms with van der Waals surface area (Å²) in [4.78, 5) is 3.97. The zero-order valence-electron chi connectivity index (χ0n) is 12.5. The van der Waals surface area contributed by atoms with Gasteiger partial charge in [-0.15, -0.1) is 0 Å². The quantitative estimate of drug-likeness (QED) is 0.688. The highest BCUT2D eigenvalue weighted by Crippen LogP contribution is 2.18. The van der Waals surface area contributed by atoms with Gasteiger partial charge in [0.25, 0.3) is 10.0 Å². The van der Waals surface area contributed by atoms with Crippen molar-refractivity contribution in [2.45, 2.75) is 57.0 Å². The third-order valence-electron chi connectivity index (χ3n) is 3.14. The first-order valence-corrected chi connectivity index (χ1v) is 8.64. The lowest BCUT2D eigenvalue weighted by molar-refractivity contribution is 0.520. The summed E-state index contributed by atoms with van der Waals surface area (Å²) in [5, 5.41) is 2.91. The molecule has 0 saturated heterocycles. The predicted molar refractivity (Wildman–Crippen MR) is 82.3 cm³/mol. The number of aromatic nitrogens is 1. The molecule has 1 heterocycles. The van der Waals surface area contributed by atoms with Crippen LogP contribution in [0.25, 0.3) is 0 Å². The van der Waals surface area contributed by atoms with Crippen LogP contribution in [0.2, 0.25) is 0 Å². The molecule has 5 nitrogen and oxygen atoms in total. The van der Waals surface area contributed by atoms with E-state index in [2.05, 4.69) is 21.9 Å². The van der Waals surface area contributed by atoms with E-state index in [1.54, 1.807) is 19.2 Å². The summed E-state index contributed by atoms with van der Waals surface area (Å²) in [6, 6.07) is 3.33. The second-order valence-electron chi connectivity index (χ2n) is 4.98. The zero-order valence-corrected chi connectivity index (χ0v) is 13.3. The average molecular weight is 299 g/mol. The Bertz CT molecular complexity index is 503. The Balaban J connectivity index is 2.65. The summed E-state index contributed by atoms with van der Waals surface area (Å²) in [7, 11) is -1.88. The van der Waals surface area contributed by atoms with Gasteiger partial charge in [-0.3, -0.25) is 0 Å². The Labute approximate surface area is 122 Å². The Morgan fingerprint density at radius 1 is 1.30 bits per heavy atom. The van der Waals surface area contributed by atoms with E-state index < -0.39 is 10.0 Å². The van der Waals surface area contributed by atoms with Gasteiger partial charge in [-0.25, -0.2) is 18.1 Å². The molecule has 1 atom stereocenters. The van der Waals surface area contributed by atoms with Gasteiger partial charge in [0.15, 0.2) is 5.03 Å². The number of nitrogens with zero attached hydrogens (tertiary/aromatic N) is 1. The minimum Gasteiger partial charge on any atom is -0.386 e. The molecule has 20 heavy (non-hydrogen) atoms. The summed E-state index contributed by atoms with van der Waals surface area (Å²) in [5.41, 5.74) is 0.512. The molecule has 0 aliphatic heterocycles. The fourth-order valence-corrected chi connectivity index (χ4v) is 3.47. The van der Waals surface area contributed by atoms with Gasteiger partial charge in [0.1, 0.15) is 0 Å². The van der Waals surface area contributed by atoms with Crippen LogP contribution in [0.1, 0.15) is 46.0 Å². The van der Waals surface area contributed by atoms with E-state index in [-0.39, 0.29) is 11.1 Å². The Morgan fingerprint density at radius 2 is 2.05 bits per heavy atom. The Hall–Kier alpha value is -1.14. The molecule has 1 unspecified atom stereocenters. The van der Waals surface area contributed by atoms with Crippen LogP contribution in [-0.2, 0) is 10.0 Å². The van der Waals surface area contributed by atoms with E-state index in [9.17, 15) is 8.42 Å². The summed E-state index contributed by atoms with van der Waals surface area (Å²) in [6.45, 7) is 4.05. The predicted octanol–water partition coefficient (Wildman–Crippen LogP) is 2.76. The van der Waals surface area contributed by atoms with Crippen LogP contribution in [0.5, 0.6) is 0 Å². The Kier molecular flexibility index (Phi) is 6.95. The highest BCUT2D eigenvalue weighted by Gasteiger charge is 2.21. The topological polar surface area (TPSA) is 71.1 Å². The second-order valence-corrected chi connectivity index (χ2v) is 6.61. The number of rotatable bonds is 9. The van der Waals surface area contributed by atoms with Crippen LogP contribution in [0.3, 0.4) is 0 Å². The van der Waals surface area contributed by atoms with Gasteiger partial charge in [0, 0.05) is 19.3 Å². The van der Waals surface area contributed by atoms with Crippen molar-refractivity contribution in [3.63, 3.8) is 0 Å². The molecule has 0 spiro atoms. The van der Waals surface area contributed by atoms with Crippen LogP contribution in [-0.4, -0.2) is 26.5 Å². The van der Waals surface area contributed by atoms with Crippen molar-refractivity contribution in [2.75, 3.05) is 12.4 Å². The van der Waals surface area contributed by atoms with Gasteiger partial charge in [-0.1, -0.05) is 32.6 Å². The lowest BCUT2D eigenvalue weighted by atomic mass is 10.1. The lowest BCUT2D eigenvalue weighted by Gasteiger charge is -2.15. The van der Waals surface area contributed by atoms with Crippen LogP contribution in [0.15, 0.2) is 23.4 Å². The number of nitrogens with one attached hydrogen (secondary N) is 2. The first kappa shape index (κ1) is 16.9. The number of sulfonamides is 1. The van der Waals surface area contributed by atoms with Crippen molar-refractivity contribution in [3.05, 3.63) is 18.3 Å². The first-order valence-electron chi connectivity index (χ1n) is 7.16. The van der Waals surface area contributed by atoms with Crippen molar-refractivity contribution in [2.24, 2.45) is 0 Å². The van der Waals surface area contributed by atoms with Crippen LogP contribution in [0.4, 0.5) is 5.69 Å². The molecule has 1 rings (SSSR count). The van der Waals surface area contributed by atoms with E-state index >= 15 is 0 Å². The smallest absolute Gasteiger partial charge is 0.260 e. The van der Waals surface area contributed by atoms with Crippen molar-refractivity contribution in [3.8, 4) is 0 Å². The van der Waals surface area contributed by atoms with E-state index in [4.69, 9.17) is 0 Å². The molecule has 0 aromatic carbocycles. The molecule has 1 aromatic heterocycles. The van der Waals surface area contributed by atoms with Gasteiger partial charge >= 0.3 is 0 Å². The van der Waals surface area contributed by atoms with Crippen molar-refractivity contribution < 1.29 is 8.42 Å². The molecule has 114 valence electrons. The van der Waals surface area contributed by atoms with Crippen molar-refractivity contribution >= 4 is 15.7 Å². The molecule has 0 aliphatic rings. The maximum absolute atomic E-state index is 12.3. The molecule has 0 amide bonds. The minimum absolute atomic E-state index is 0.0582. The monoisotopic (exact) mass is 299 g/mol. The maximum Gasteiger partial charge on any atom is 0.260 e. The van der Waals surface area contributed by atoms with Gasteiger partial charge < -0.3 is 5.32 Å². The highest BCUT2D eigenvalue weighted by atomic mass is 32.2. The Morgan fingerprint density at radius 3 is 2.70 bits per heavy atom. The van der Waals surface area contributed by atoms with E-state index in [0.29, 0.717) is 5.69 Å². The minimum atomic E-state index is -3.57. The summed E-state index contributed by atoms with van der Waals surface area (Å²) >= 11 is 0. The molecule has 1 aromatic rings. The summed E-state index contributed by atoms with van der Waals surface area (Å²) < 4.78 is 27.3. The first-order chi connectivity index (χ1) is 9.51. The van der Waals surface area contributed by atoms with E-state index in [0.717, 1.165) is 19.3 Å². The number of anilines is 1. The fourth-order valence-electron chi connectivity index (χ4n) is 2.05. The number of unbranched alkanes of at least 4 members (excludes halogenated alkanes) is 3. The second kappa shape index (κ2) is 8.21. The molecule has 0 radical (unpaired) electrons. The van der Waals surface area contributed by atoms with Gasteiger partial charge in [0.05, 0.1) is 5.69 Å². The van der Waals surface area contributed by atoms with Crippen molar-refractivity contribution in [1.82, 2.24) is 9.71 Å². The summed E-state index contributed by atoms with van der Waals surface area (Å²) in [5.74, 6) is 0. The number of pyridine rings is 1. The molecule has 0 aliphatic carbocycles. The molecule has 0 fully saturated rings. The molecule has 6 heteroatoms. The summed E-state index contributed by atoms with van der Waals surface area (Å²) in [6.07, 6.45) is 6.90. The standard InChI is InChI=1S/C14H25N3O2S/c1-4-5-6-7-9-12(2)17-20(18,19)14-13(15-3)10-8-11-16-14/h8,10-12,15,17H,4-7,9H2,1-3H3. The van der Waals surface area contributed by atoms with Gasteiger partial charge in [-0.05, 0) is 25.5 Å². The largest absolute Gasteiger partial charge is 0.386 e. The molecular weight excluding hydrogens is 274 g/mol.